The molecule has 5 nitrogen and oxygen atoms in total. The van der Waals surface area contributed by atoms with Crippen LogP contribution in [0.2, 0.25) is 0 Å². The van der Waals surface area contributed by atoms with Gasteiger partial charge in [-0.3, -0.25) is 4.79 Å². The SMILES string of the molecule is CC(C)CC(=O)N1CCCC(c2nnc(C3CCCCC3)o2)C1. The third-order valence-electron chi connectivity index (χ3n) is 5.12. The van der Waals surface area contributed by atoms with Gasteiger partial charge in [0, 0.05) is 25.4 Å². The van der Waals surface area contributed by atoms with Crippen molar-refractivity contribution in [3.05, 3.63) is 11.8 Å². The van der Waals surface area contributed by atoms with Crippen LogP contribution >= 0.6 is 0 Å². The molecule has 1 atom stereocenters. The minimum absolute atomic E-state index is 0.213. The Hall–Kier alpha value is -1.39. The van der Waals surface area contributed by atoms with Gasteiger partial charge in [0.2, 0.25) is 17.7 Å². The molecule has 1 unspecified atom stereocenters. The van der Waals surface area contributed by atoms with Crippen molar-refractivity contribution in [2.75, 3.05) is 13.1 Å². The van der Waals surface area contributed by atoms with Gasteiger partial charge >= 0.3 is 0 Å². The van der Waals surface area contributed by atoms with Crippen LogP contribution < -0.4 is 0 Å². The van der Waals surface area contributed by atoms with E-state index in [0.29, 0.717) is 18.3 Å². The fraction of sp³-hybridized carbons (Fsp3) is 0.833. The fourth-order valence-corrected chi connectivity index (χ4v) is 3.81. The molecular weight excluding hydrogens is 290 g/mol. The highest BCUT2D eigenvalue weighted by atomic mass is 16.4. The number of aromatic nitrogens is 2. The lowest BCUT2D eigenvalue weighted by Crippen LogP contribution is -2.39. The zero-order valence-electron chi connectivity index (χ0n) is 14.5. The largest absolute Gasteiger partial charge is 0.425 e. The molecule has 1 saturated heterocycles. The number of hydrogen-bond acceptors (Lipinski definition) is 4. The van der Waals surface area contributed by atoms with E-state index in [2.05, 4.69) is 24.0 Å². The Labute approximate surface area is 138 Å². The van der Waals surface area contributed by atoms with E-state index in [0.717, 1.165) is 37.7 Å². The average molecular weight is 319 g/mol. The lowest BCUT2D eigenvalue weighted by Gasteiger charge is -2.31. The quantitative estimate of drug-likeness (QED) is 0.845. The molecule has 2 fully saturated rings. The molecule has 1 aliphatic heterocycles. The number of likely N-dealkylation sites (tertiary alicyclic amines) is 1. The third-order valence-corrected chi connectivity index (χ3v) is 5.12. The standard InChI is InChI=1S/C18H29N3O2/c1-13(2)11-16(22)21-10-6-9-15(12-21)18-20-19-17(23-18)14-7-4-3-5-8-14/h13-15H,3-12H2,1-2H3. The van der Waals surface area contributed by atoms with Crippen molar-refractivity contribution in [2.24, 2.45) is 5.92 Å². The molecule has 1 amide bonds. The second-order valence-electron chi connectivity index (χ2n) is 7.59. The first kappa shape index (κ1) is 16.5. The van der Waals surface area contributed by atoms with Gasteiger partial charge < -0.3 is 9.32 Å². The summed E-state index contributed by atoms with van der Waals surface area (Å²) in [5.74, 6) is 2.90. The molecule has 1 aliphatic carbocycles. The van der Waals surface area contributed by atoms with Crippen molar-refractivity contribution in [1.29, 1.82) is 0 Å². The van der Waals surface area contributed by atoms with E-state index >= 15 is 0 Å². The summed E-state index contributed by atoms with van der Waals surface area (Å²) in [7, 11) is 0. The zero-order valence-corrected chi connectivity index (χ0v) is 14.5. The Balaban J connectivity index is 1.62. The molecule has 5 heteroatoms. The van der Waals surface area contributed by atoms with Crippen molar-refractivity contribution >= 4 is 5.91 Å². The van der Waals surface area contributed by atoms with Crippen LogP contribution in [0.15, 0.2) is 4.42 Å². The van der Waals surface area contributed by atoms with Crippen molar-refractivity contribution in [3.8, 4) is 0 Å². The first-order valence-corrected chi connectivity index (χ1v) is 9.24. The number of carbonyl (C=O) groups is 1. The number of piperidine rings is 1. The highest BCUT2D eigenvalue weighted by Crippen LogP contribution is 2.34. The van der Waals surface area contributed by atoms with E-state index in [4.69, 9.17) is 4.42 Å². The third kappa shape index (κ3) is 4.12. The van der Waals surface area contributed by atoms with E-state index in [9.17, 15) is 4.79 Å². The second kappa shape index (κ2) is 7.45. The lowest BCUT2D eigenvalue weighted by atomic mass is 9.89. The maximum Gasteiger partial charge on any atom is 0.222 e. The van der Waals surface area contributed by atoms with Crippen molar-refractivity contribution in [3.63, 3.8) is 0 Å². The molecule has 0 radical (unpaired) electrons. The van der Waals surface area contributed by atoms with E-state index in [-0.39, 0.29) is 11.8 Å². The minimum Gasteiger partial charge on any atom is -0.425 e. The molecule has 128 valence electrons. The smallest absolute Gasteiger partial charge is 0.222 e. The Morgan fingerprint density at radius 1 is 1.09 bits per heavy atom. The van der Waals surface area contributed by atoms with Gasteiger partial charge in [-0.2, -0.15) is 0 Å². The summed E-state index contributed by atoms with van der Waals surface area (Å²) < 4.78 is 6.01. The normalized spacial score (nSPS) is 23.4. The molecule has 0 bridgehead atoms. The van der Waals surface area contributed by atoms with Crippen LogP contribution in [0.3, 0.4) is 0 Å². The van der Waals surface area contributed by atoms with E-state index < -0.39 is 0 Å². The molecule has 3 rings (SSSR count). The first-order chi connectivity index (χ1) is 11.1. The summed E-state index contributed by atoms with van der Waals surface area (Å²) in [5, 5.41) is 8.63. The van der Waals surface area contributed by atoms with Crippen molar-refractivity contribution < 1.29 is 9.21 Å². The average Bonchev–Trinajstić information content (AvgIpc) is 3.05. The summed E-state index contributed by atoms with van der Waals surface area (Å²) >= 11 is 0. The van der Waals surface area contributed by atoms with Crippen LogP contribution in [0, 0.1) is 5.92 Å². The summed E-state index contributed by atoms with van der Waals surface area (Å²) in [6.07, 6.45) is 8.90. The van der Waals surface area contributed by atoms with Gasteiger partial charge in [-0.15, -0.1) is 10.2 Å². The Morgan fingerprint density at radius 3 is 2.43 bits per heavy atom. The van der Waals surface area contributed by atoms with E-state index in [1.807, 2.05) is 4.90 Å². The van der Waals surface area contributed by atoms with Gasteiger partial charge in [0.1, 0.15) is 0 Å². The van der Waals surface area contributed by atoms with Crippen LogP contribution in [0.5, 0.6) is 0 Å². The maximum atomic E-state index is 12.3. The molecule has 2 aliphatic rings. The highest BCUT2D eigenvalue weighted by molar-refractivity contribution is 5.76. The number of carbonyl (C=O) groups excluding carboxylic acids is 1. The van der Waals surface area contributed by atoms with Crippen LogP contribution in [-0.4, -0.2) is 34.1 Å². The van der Waals surface area contributed by atoms with E-state index in [1.54, 1.807) is 0 Å². The summed E-state index contributed by atoms with van der Waals surface area (Å²) in [6.45, 7) is 5.78. The van der Waals surface area contributed by atoms with Crippen LogP contribution in [0.4, 0.5) is 0 Å². The predicted molar refractivity (Wildman–Crippen MR) is 88.1 cm³/mol. The molecule has 23 heavy (non-hydrogen) atoms. The molecule has 0 N–H and O–H groups in total. The minimum atomic E-state index is 0.213. The zero-order chi connectivity index (χ0) is 16.2. The fourth-order valence-electron chi connectivity index (χ4n) is 3.81. The highest BCUT2D eigenvalue weighted by Gasteiger charge is 2.29. The Morgan fingerprint density at radius 2 is 1.74 bits per heavy atom. The lowest BCUT2D eigenvalue weighted by molar-refractivity contribution is -0.133. The predicted octanol–water partition coefficient (Wildman–Crippen LogP) is 3.87. The van der Waals surface area contributed by atoms with Gasteiger partial charge in [0.15, 0.2) is 0 Å². The molecule has 0 aromatic carbocycles. The van der Waals surface area contributed by atoms with Crippen LogP contribution in [0.25, 0.3) is 0 Å². The summed E-state index contributed by atoms with van der Waals surface area (Å²) in [5.41, 5.74) is 0. The molecule has 1 aromatic heterocycles. The van der Waals surface area contributed by atoms with Gasteiger partial charge in [-0.05, 0) is 31.6 Å². The number of rotatable bonds is 4. The molecular formula is C18H29N3O2. The Kier molecular flexibility index (Phi) is 5.34. The van der Waals surface area contributed by atoms with Crippen molar-refractivity contribution in [2.45, 2.75) is 77.0 Å². The summed E-state index contributed by atoms with van der Waals surface area (Å²) in [4.78, 5) is 14.3. The van der Waals surface area contributed by atoms with Gasteiger partial charge in [-0.1, -0.05) is 33.1 Å². The number of nitrogens with zero attached hydrogens (tertiary/aromatic N) is 3. The monoisotopic (exact) mass is 319 g/mol. The Bertz CT molecular complexity index is 520. The molecule has 0 spiro atoms. The van der Waals surface area contributed by atoms with Crippen LogP contribution in [0.1, 0.15) is 88.8 Å². The van der Waals surface area contributed by atoms with E-state index in [1.165, 1.54) is 32.1 Å². The second-order valence-corrected chi connectivity index (χ2v) is 7.59. The van der Waals surface area contributed by atoms with Crippen LogP contribution in [-0.2, 0) is 4.79 Å². The first-order valence-electron chi connectivity index (χ1n) is 9.24. The van der Waals surface area contributed by atoms with Gasteiger partial charge in [0.05, 0.1) is 5.92 Å². The topological polar surface area (TPSA) is 59.2 Å². The number of hydrogen-bond donors (Lipinski definition) is 0. The summed E-state index contributed by atoms with van der Waals surface area (Å²) in [6, 6.07) is 0. The molecule has 1 aromatic rings. The van der Waals surface area contributed by atoms with Crippen molar-refractivity contribution in [1.82, 2.24) is 15.1 Å². The number of amides is 1. The van der Waals surface area contributed by atoms with Gasteiger partial charge in [0.25, 0.3) is 0 Å². The molecule has 2 heterocycles. The van der Waals surface area contributed by atoms with Gasteiger partial charge in [-0.25, -0.2) is 0 Å². The molecule has 1 saturated carbocycles. The maximum absolute atomic E-state index is 12.3.